The molecule has 186 valence electrons. The molecule has 0 radical (unpaired) electrons. The van der Waals surface area contributed by atoms with E-state index >= 15 is 0 Å². The van der Waals surface area contributed by atoms with Crippen molar-refractivity contribution in [2.45, 2.75) is 31.2 Å². The van der Waals surface area contributed by atoms with Gasteiger partial charge in [0, 0.05) is 19.3 Å². The van der Waals surface area contributed by atoms with Crippen LogP contribution in [0.1, 0.15) is 22.6 Å². The van der Waals surface area contributed by atoms with Crippen LogP contribution in [0.25, 0.3) is 0 Å². The first-order chi connectivity index (χ1) is 17.4. The Morgan fingerprint density at radius 2 is 2.03 bits per heavy atom. The van der Waals surface area contributed by atoms with Crippen molar-refractivity contribution in [3.8, 4) is 5.75 Å². The van der Waals surface area contributed by atoms with Crippen LogP contribution in [0.15, 0.2) is 48.8 Å². The molecule has 0 saturated carbocycles. The number of nitrogens with one attached hydrogen (secondary N) is 1. The molecular formula is C25H25FN6O4. The van der Waals surface area contributed by atoms with Crippen molar-refractivity contribution in [3.63, 3.8) is 0 Å². The van der Waals surface area contributed by atoms with Gasteiger partial charge < -0.3 is 24.6 Å². The topological polar surface area (TPSA) is 102 Å². The van der Waals surface area contributed by atoms with Crippen molar-refractivity contribution in [1.29, 1.82) is 0 Å². The summed E-state index contributed by atoms with van der Waals surface area (Å²) in [5.41, 5.74) is 2.49. The molecule has 2 aromatic carbocycles. The smallest absolute Gasteiger partial charge is 0.291 e. The largest absolute Gasteiger partial charge is 0.489 e. The van der Waals surface area contributed by atoms with Gasteiger partial charge in [0.1, 0.15) is 30.5 Å². The highest BCUT2D eigenvalue weighted by atomic mass is 19.1. The third-order valence-corrected chi connectivity index (χ3v) is 6.87. The van der Waals surface area contributed by atoms with E-state index in [1.165, 1.54) is 28.0 Å². The molecule has 2 amide bonds. The summed E-state index contributed by atoms with van der Waals surface area (Å²) in [6.45, 7) is 1.87. The Bertz CT molecular complexity index is 1310. The van der Waals surface area contributed by atoms with Gasteiger partial charge in [-0.15, -0.1) is 5.10 Å². The zero-order chi connectivity index (χ0) is 24.8. The molecule has 1 aromatic heterocycles. The van der Waals surface area contributed by atoms with Crippen LogP contribution in [-0.2, 0) is 16.1 Å². The molecule has 3 aromatic rings. The van der Waals surface area contributed by atoms with E-state index in [4.69, 9.17) is 9.47 Å². The van der Waals surface area contributed by atoms with E-state index in [-0.39, 0.29) is 30.3 Å². The van der Waals surface area contributed by atoms with Gasteiger partial charge in [-0.3, -0.25) is 9.59 Å². The number of nitrogens with zero attached hydrogens (tertiary/aromatic N) is 5. The Morgan fingerprint density at radius 1 is 1.19 bits per heavy atom. The third kappa shape index (κ3) is 4.15. The van der Waals surface area contributed by atoms with E-state index in [0.29, 0.717) is 24.0 Å². The van der Waals surface area contributed by atoms with Crippen LogP contribution in [0.5, 0.6) is 5.75 Å². The molecule has 3 atom stereocenters. The van der Waals surface area contributed by atoms with Crippen LogP contribution in [0.4, 0.5) is 15.8 Å². The van der Waals surface area contributed by atoms with Gasteiger partial charge in [0.15, 0.2) is 0 Å². The standard InChI is InChI=1S/C25H25FN6O4/c1-30-21-9-17(32-11-19-8-18(32)12-35-19)6-7-22(21)36-13-20(25(30)34)28-24(33)23-27-14-31(29-23)10-15-2-4-16(26)5-3-15/h2-7,9,14,18-20H,8,10-13H2,1H3,(H,28,33)/t18-,19-,20-/m0/s1. The highest BCUT2D eigenvalue weighted by molar-refractivity contribution is 6.02. The monoisotopic (exact) mass is 492 g/mol. The van der Waals surface area contributed by atoms with E-state index in [9.17, 15) is 14.0 Å². The zero-order valence-electron chi connectivity index (χ0n) is 19.6. The average Bonchev–Trinajstić information content (AvgIpc) is 3.63. The Hall–Kier alpha value is -3.99. The zero-order valence-corrected chi connectivity index (χ0v) is 19.6. The molecule has 2 bridgehead atoms. The van der Waals surface area contributed by atoms with Crippen LogP contribution in [0.2, 0.25) is 0 Å². The number of hydrogen-bond donors (Lipinski definition) is 1. The number of morpholine rings is 1. The highest BCUT2D eigenvalue weighted by Gasteiger charge is 2.40. The van der Waals surface area contributed by atoms with Gasteiger partial charge in [0.05, 0.1) is 31.0 Å². The molecule has 10 nitrogen and oxygen atoms in total. The summed E-state index contributed by atoms with van der Waals surface area (Å²) in [7, 11) is 1.67. The Morgan fingerprint density at radius 3 is 2.78 bits per heavy atom. The summed E-state index contributed by atoms with van der Waals surface area (Å²) in [5, 5.41) is 6.89. The highest BCUT2D eigenvalue weighted by Crippen LogP contribution is 2.38. The molecule has 4 heterocycles. The number of likely N-dealkylation sites (N-methyl/N-ethyl adjacent to an activating group) is 1. The maximum Gasteiger partial charge on any atom is 0.291 e. The van der Waals surface area contributed by atoms with Gasteiger partial charge in [-0.25, -0.2) is 14.1 Å². The van der Waals surface area contributed by atoms with Gasteiger partial charge in [0.25, 0.3) is 11.8 Å². The van der Waals surface area contributed by atoms with Crippen LogP contribution in [0.3, 0.4) is 0 Å². The summed E-state index contributed by atoms with van der Waals surface area (Å²) >= 11 is 0. The summed E-state index contributed by atoms with van der Waals surface area (Å²) in [6.07, 6.45) is 2.70. The lowest BCUT2D eigenvalue weighted by Gasteiger charge is -2.30. The quantitative estimate of drug-likeness (QED) is 0.577. The first kappa shape index (κ1) is 22.5. The van der Waals surface area contributed by atoms with E-state index in [1.807, 2.05) is 18.2 Å². The summed E-state index contributed by atoms with van der Waals surface area (Å²) in [5.74, 6) is -0.690. The molecule has 0 spiro atoms. The molecule has 3 aliphatic rings. The minimum absolute atomic E-state index is 0.0141. The van der Waals surface area contributed by atoms with Crippen molar-refractivity contribution in [3.05, 3.63) is 66.0 Å². The number of fused-ring (bicyclic) bond motifs is 3. The van der Waals surface area contributed by atoms with Gasteiger partial charge in [-0.2, -0.15) is 0 Å². The van der Waals surface area contributed by atoms with Gasteiger partial charge in [-0.1, -0.05) is 12.1 Å². The molecule has 0 unspecified atom stereocenters. The second-order valence-corrected chi connectivity index (χ2v) is 9.28. The maximum absolute atomic E-state index is 13.2. The Balaban J connectivity index is 1.14. The normalized spacial score (nSPS) is 22.8. The fourth-order valence-electron chi connectivity index (χ4n) is 4.96. The molecule has 2 fully saturated rings. The number of hydrogen-bond acceptors (Lipinski definition) is 7. The fourth-order valence-corrected chi connectivity index (χ4v) is 4.96. The molecule has 11 heteroatoms. The third-order valence-electron chi connectivity index (χ3n) is 6.87. The first-order valence-electron chi connectivity index (χ1n) is 11.8. The van der Waals surface area contributed by atoms with Crippen LogP contribution in [-0.4, -0.2) is 71.6 Å². The van der Waals surface area contributed by atoms with E-state index < -0.39 is 11.9 Å². The van der Waals surface area contributed by atoms with Crippen LogP contribution in [0, 0.1) is 5.82 Å². The van der Waals surface area contributed by atoms with Gasteiger partial charge in [0.2, 0.25) is 5.82 Å². The lowest BCUT2D eigenvalue weighted by Crippen LogP contribution is -2.49. The predicted octanol–water partition coefficient (Wildman–Crippen LogP) is 1.60. The number of benzene rings is 2. The molecule has 3 aliphatic heterocycles. The predicted molar refractivity (Wildman–Crippen MR) is 128 cm³/mol. The van der Waals surface area contributed by atoms with Crippen molar-refractivity contribution in [2.24, 2.45) is 0 Å². The van der Waals surface area contributed by atoms with Crippen LogP contribution < -0.4 is 19.9 Å². The SMILES string of the molecule is CN1C(=O)[C@@H](NC(=O)c2ncn(Cc3ccc(F)cc3)n2)COc2ccc(N3C[C@@H]4C[C@H]3CO4)cc21. The summed E-state index contributed by atoms with van der Waals surface area (Å²) < 4.78 is 26.2. The second kappa shape index (κ2) is 8.90. The minimum atomic E-state index is -0.904. The lowest BCUT2D eigenvalue weighted by molar-refractivity contribution is -0.120. The molecule has 1 N–H and O–H groups in total. The maximum atomic E-state index is 13.2. The first-order valence-corrected chi connectivity index (χ1v) is 11.8. The Labute approximate surface area is 206 Å². The number of carbonyl (C=O) groups excluding carboxylic acids is 2. The molecule has 6 rings (SSSR count). The average molecular weight is 493 g/mol. The number of aromatic nitrogens is 3. The number of amides is 2. The van der Waals surface area contributed by atoms with Gasteiger partial charge >= 0.3 is 0 Å². The fraction of sp³-hybridized carbons (Fsp3) is 0.360. The molecule has 2 saturated heterocycles. The van der Waals surface area contributed by atoms with Crippen molar-refractivity contribution in [2.75, 3.05) is 36.6 Å². The van der Waals surface area contributed by atoms with Crippen molar-refractivity contribution >= 4 is 23.2 Å². The number of anilines is 2. The van der Waals surface area contributed by atoms with Gasteiger partial charge in [-0.05, 0) is 42.3 Å². The number of carbonyl (C=O) groups is 2. The number of ether oxygens (including phenoxy) is 2. The van der Waals surface area contributed by atoms with E-state index in [0.717, 1.165) is 30.8 Å². The molecule has 36 heavy (non-hydrogen) atoms. The van der Waals surface area contributed by atoms with E-state index in [2.05, 4.69) is 20.3 Å². The molecular weight excluding hydrogens is 467 g/mol. The Kier molecular flexibility index (Phi) is 5.56. The summed E-state index contributed by atoms with van der Waals surface area (Å²) in [4.78, 5) is 33.9. The molecule has 0 aliphatic carbocycles. The van der Waals surface area contributed by atoms with Crippen LogP contribution >= 0.6 is 0 Å². The summed E-state index contributed by atoms with van der Waals surface area (Å²) in [6, 6.07) is 11.3. The minimum Gasteiger partial charge on any atom is -0.489 e. The second-order valence-electron chi connectivity index (χ2n) is 9.28. The number of rotatable bonds is 5. The number of halogens is 1. The van der Waals surface area contributed by atoms with Crippen molar-refractivity contribution < 1.29 is 23.5 Å². The lowest BCUT2D eigenvalue weighted by atomic mass is 10.2. The van der Waals surface area contributed by atoms with Crippen molar-refractivity contribution in [1.82, 2.24) is 20.1 Å². The van der Waals surface area contributed by atoms with E-state index in [1.54, 1.807) is 19.2 Å².